The molecule has 5 aromatic carbocycles. The topological polar surface area (TPSA) is 0 Å². The first-order valence-electron chi connectivity index (χ1n) is 11.2. The second-order valence-electron chi connectivity index (χ2n) is 7.97. The zero-order chi connectivity index (χ0) is 25.1. The summed E-state index contributed by atoms with van der Waals surface area (Å²) in [5.41, 5.74) is 0. The second-order valence-corrected chi connectivity index (χ2v) is 13.9. The van der Waals surface area contributed by atoms with E-state index in [-0.39, 0.29) is 8.95 Å². The third kappa shape index (κ3) is 4.98. The van der Waals surface area contributed by atoms with Gasteiger partial charge < -0.3 is 0 Å². The normalized spacial score (nSPS) is 11.3. The van der Waals surface area contributed by atoms with Crippen LogP contribution in [0.1, 0.15) is 0 Å². The van der Waals surface area contributed by atoms with Gasteiger partial charge >= 0.3 is 0 Å². The Balaban J connectivity index is 1.77. The fourth-order valence-electron chi connectivity index (χ4n) is 4.12. The maximum atomic E-state index is 16.5. The van der Waals surface area contributed by atoms with Gasteiger partial charge in [0.05, 0.1) is 8.95 Å². The van der Waals surface area contributed by atoms with Crippen molar-refractivity contribution in [3.8, 4) is 0 Å². The van der Waals surface area contributed by atoms with Gasteiger partial charge in [-0.2, -0.15) is 0 Å². The van der Waals surface area contributed by atoms with Crippen molar-refractivity contribution in [1.29, 1.82) is 0 Å². The van der Waals surface area contributed by atoms with Crippen molar-refractivity contribution >= 4 is 79.5 Å². The molecule has 0 heterocycles. The maximum Gasteiger partial charge on any atom is 0.147 e. The molecule has 0 bridgehead atoms. The molecule has 0 nitrogen and oxygen atoms in total. The minimum Gasteiger partial charge on any atom is -0.205 e. The monoisotopic (exact) mass is 638 g/mol. The van der Waals surface area contributed by atoms with Crippen molar-refractivity contribution in [2.45, 2.75) is 0 Å². The Bertz CT molecular complexity index is 1240. The van der Waals surface area contributed by atoms with E-state index in [0.717, 1.165) is 21.2 Å². The number of hydrogen-bond acceptors (Lipinski definition) is 0. The number of hydrogen-bond donors (Lipinski definition) is 0. The van der Waals surface area contributed by atoms with Crippen LogP contribution >= 0.6 is 47.7 Å². The van der Waals surface area contributed by atoms with Crippen LogP contribution in [0.3, 0.4) is 0 Å². The highest BCUT2D eigenvalue weighted by Crippen LogP contribution is 2.43. The molecule has 5 aromatic rings. The molecule has 0 spiro atoms. The van der Waals surface area contributed by atoms with Gasteiger partial charge in [0.15, 0.2) is 0 Å². The quantitative estimate of drug-likeness (QED) is 0.139. The molecule has 0 saturated heterocycles. The van der Waals surface area contributed by atoms with E-state index in [1.165, 1.54) is 0 Å². The van der Waals surface area contributed by atoms with E-state index in [0.29, 0.717) is 10.6 Å². The van der Waals surface area contributed by atoms with E-state index in [2.05, 4.69) is 31.9 Å². The minimum atomic E-state index is -1.34. The van der Waals surface area contributed by atoms with Gasteiger partial charge in [0, 0.05) is 10.6 Å². The summed E-state index contributed by atoms with van der Waals surface area (Å²) in [5.74, 6) is -0.868. The molecule has 0 amide bonds. The first-order valence-corrected chi connectivity index (χ1v) is 15.5. The lowest BCUT2D eigenvalue weighted by molar-refractivity contribution is 0.604. The van der Waals surface area contributed by atoms with Gasteiger partial charge in [-0.25, -0.2) is 8.78 Å². The lowest BCUT2D eigenvalue weighted by Crippen LogP contribution is -2.31. The molecule has 36 heavy (non-hydrogen) atoms. The van der Waals surface area contributed by atoms with Crippen LogP contribution in [0.15, 0.2) is 130 Å². The molecule has 0 unspecified atom stereocenters. The van der Waals surface area contributed by atoms with E-state index >= 15 is 8.78 Å². The van der Waals surface area contributed by atoms with Crippen LogP contribution in [-0.4, -0.2) is 0 Å². The van der Waals surface area contributed by atoms with Crippen LogP contribution in [0, 0.1) is 11.6 Å². The van der Waals surface area contributed by atoms with E-state index in [4.69, 9.17) is 0 Å². The molecule has 0 atom stereocenters. The minimum absolute atomic E-state index is 0.177. The summed E-state index contributed by atoms with van der Waals surface area (Å²) < 4.78 is 33.4. The summed E-state index contributed by atoms with van der Waals surface area (Å²) in [7, 11) is -2.69. The van der Waals surface area contributed by atoms with Crippen LogP contribution in [0.5, 0.6) is 0 Å². The van der Waals surface area contributed by atoms with Crippen LogP contribution in [0.25, 0.3) is 0 Å². The fraction of sp³-hybridized carbons (Fsp3) is 0. The predicted molar refractivity (Wildman–Crippen MR) is 159 cm³/mol. The Morgan fingerprint density at radius 3 is 0.833 bits per heavy atom. The average molecular weight is 640 g/mol. The Morgan fingerprint density at radius 2 is 0.611 bits per heavy atom. The fourth-order valence-corrected chi connectivity index (χ4v) is 11.0. The maximum absolute atomic E-state index is 16.5. The van der Waals surface area contributed by atoms with Gasteiger partial charge in [0.2, 0.25) is 0 Å². The van der Waals surface area contributed by atoms with Crippen LogP contribution in [0.2, 0.25) is 0 Å². The van der Waals surface area contributed by atoms with E-state index in [9.17, 15) is 0 Å². The molecule has 0 aliphatic rings. The van der Waals surface area contributed by atoms with Crippen LogP contribution in [-0.2, 0) is 0 Å². The first kappa shape index (κ1) is 25.4. The molecule has 0 fully saturated rings. The largest absolute Gasteiger partial charge is 0.205 e. The molecule has 0 radical (unpaired) electrons. The molecule has 0 saturated carbocycles. The molecule has 0 aliphatic heterocycles. The summed E-state index contributed by atoms with van der Waals surface area (Å²) in [4.78, 5) is 0. The summed E-state index contributed by atoms with van der Waals surface area (Å²) >= 11 is 7.03. The smallest absolute Gasteiger partial charge is 0.147 e. The van der Waals surface area contributed by atoms with Gasteiger partial charge in [-0.15, -0.1) is 0 Å². The Labute approximate surface area is 229 Å². The standard InChI is InChI=1S/C30H20Br2F2P2/c31-25-28(34)30(36(23-17-9-3-10-18-23)24-19-11-4-12-20-24)26(32)27(33)29(25)35(21-13-5-1-6-14-21)22-15-7-2-8-16-22/h1-20H. The van der Waals surface area contributed by atoms with Crippen molar-refractivity contribution < 1.29 is 8.78 Å². The van der Waals surface area contributed by atoms with Crippen molar-refractivity contribution in [3.05, 3.63) is 142 Å². The molecule has 0 aliphatic carbocycles. The van der Waals surface area contributed by atoms with Gasteiger partial charge in [-0.1, -0.05) is 121 Å². The third-order valence-corrected chi connectivity index (χ3v) is 12.8. The molecule has 0 N–H and O–H groups in total. The molecule has 0 aromatic heterocycles. The van der Waals surface area contributed by atoms with E-state index < -0.39 is 27.5 Å². The lowest BCUT2D eigenvalue weighted by Gasteiger charge is -2.26. The van der Waals surface area contributed by atoms with Crippen molar-refractivity contribution in [2.24, 2.45) is 0 Å². The second kappa shape index (κ2) is 11.4. The summed E-state index contributed by atoms with van der Waals surface area (Å²) in [6.45, 7) is 0. The van der Waals surface area contributed by atoms with Gasteiger partial charge in [0.1, 0.15) is 11.6 Å². The third-order valence-electron chi connectivity index (χ3n) is 5.72. The molecular formula is C30H20Br2F2P2. The van der Waals surface area contributed by atoms with Gasteiger partial charge in [-0.3, -0.25) is 0 Å². The number of halogens is 4. The Hall–Kier alpha value is -2.22. The van der Waals surface area contributed by atoms with Gasteiger partial charge in [0.25, 0.3) is 0 Å². The highest BCUT2D eigenvalue weighted by molar-refractivity contribution is 9.11. The highest BCUT2D eigenvalue weighted by atomic mass is 79.9. The van der Waals surface area contributed by atoms with Crippen molar-refractivity contribution in [3.63, 3.8) is 0 Å². The zero-order valence-electron chi connectivity index (χ0n) is 19.0. The molecule has 178 valence electrons. The molecular weight excluding hydrogens is 620 g/mol. The zero-order valence-corrected chi connectivity index (χ0v) is 23.9. The Kier molecular flexibility index (Phi) is 8.09. The first-order chi connectivity index (χ1) is 17.6. The van der Waals surface area contributed by atoms with Crippen molar-refractivity contribution in [2.75, 3.05) is 0 Å². The lowest BCUT2D eigenvalue weighted by atomic mass is 10.3. The number of rotatable bonds is 6. The summed E-state index contributed by atoms with van der Waals surface area (Å²) in [6.07, 6.45) is 0. The summed E-state index contributed by atoms with van der Waals surface area (Å²) in [6, 6.07) is 39.0. The molecule has 5 rings (SSSR count). The highest BCUT2D eigenvalue weighted by Gasteiger charge is 2.33. The van der Waals surface area contributed by atoms with Crippen molar-refractivity contribution in [1.82, 2.24) is 0 Å². The van der Waals surface area contributed by atoms with Crippen LogP contribution < -0.4 is 31.8 Å². The predicted octanol–water partition coefficient (Wildman–Crippen LogP) is 7.01. The van der Waals surface area contributed by atoms with E-state index in [1.54, 1.807) is 0 Å². The Morgan fingerprint density at radius 1 is 0.389 bits per heavy atom. The van der Waals surface area contributed by atoms with Crippen LogP contribution in [0.4, 0.5) is 8.78 Å². The van der Waals surface area contributed by atoms with Gasteiger partial charge in [-0.05, 0) is 68.9 Å². The SMILES string of the molecule is Fc1c(Br)c(P(c2ccccc2)c2ccccc2)c(F)c(Br)c1P(c1ccccc1)c1ccccc1. The average Bonchev–Trinajstić information content (AvgIpc) is 2.94. The van der Waals surface area contributed by atoms with E-state index in [1.807, 2.05) is 121 Å². The summed E-state index contributed by atoms with van der Waals surface area (Å²) in [5, 5.41) is 4.48. The molecule has 6 heteroatoms. The number of benzene rings is 5.